The van der Waals surface area contributed by atoms with E-state index < -0.39 is 0 Å². The molecular weight excluding hydrogens is 412 g/mol. The van der Waals surface area contributed by atoms with Crippen LogP contribution in [0, 0.1) is 13.8 Å². The number of rotatable bonds is 7. The number of aromatic nitrogens is 5. The minimum absolute atomic E-state index is 0.0160. The third-order valence-corrected chi connectivity index (χ3v) is 6.13. The van der Waals surface area contributed by atoms with Gasteiger partial charge in [-0.3, -0.25) is 9.78 Å². The molecule has 1 N–H and O–H groups in total. The largest absolute Gasteiger partial charge is 0.479 e. The highest BCUT2D eigenvalue weighted by atomic mass is 32.1. The van der Waals surface area contributed by atoms with Crippen molar-refractivity contribution in [3.63, 3.8) is 0 Å². The maximum Gasteiger partial charge on any atom is 0.242 e. The topological polar surface area (TPSA) is 94.8 Å². The minimum Gasteiger partial charge on any atom is -0.479 e. The van der Waals surface area contributed by atoms with Gasteiger partial charge in [0.2, 0.25) is 11.8 Å². The van der Waals surface area contributed by atoms with Crippen LogP contribution in [0.2, 0.25) is 0 Å². The molecule has 0 fully saturated rings. The molecule has 0 aromatic carbocycles. The predicted octanol–water partition coefficient (Wildman–Crippen LogP) is 3.36. The fraction of sp³-hybridized carbons (Fsp3) is 0.318. The second-order valence-electron chi connectivity index (χ2n) is 7.27. The van der Waals surface area contributed by atoms with E-state index in [1.165, 1.54) is 11.3 Å². The Kier molecular flexibility index (Phi) is 5.94. The molecule has 0 aliphatic carbocycles. The Labute approximate surface area is 184 Å². The van der Waals surface area contributed by atoms with E-state index >= 15 is 0 Å². The molecule has 0 saturated carbocycles. The van der Waals surface area contributed by atoms with Gasteiger partial charge < -0.3 is 10.1 Å². The Hall–Kier alpha value is -3.33. The first-order valence-corrected chi connectivity index (χ1v) is 10.8. The van der Waals surface area contributed by atoms with Gasteiger partial charge in [-0.05, 0) is 43.5 Å². The Balaban J connectivity index is 1.40. The van der Waals surface area contributed by atoms with Crippen LogP contribution in [-0.2, 0) is 24.8 Å². The van der Waals surface area contributed by atoms with Gasteiger partial charge in [-0.1, -0.05) is 0 Å². The van der Waals surface area contributed by atoms with Crippen LogP contribution in [0.5, 0.6) is 5.88 Å². The van der Waals surface area contributed by atoms with Crippen molar-refractivity contribution < 1.29 is 9.53 Å². The number of pyridine rings is 2. The van der Waals surface area contributed by atoms with Crippen molar-refractivity contribution >= 4 is 28.3 Å². The third-order valence-electron chi connectivity index (χ3n) is 5.28. The van der Waals surface area contributed by atoms with Gasteiger partial charge in [0.15, 0.2) is 5.65 Å². The predicted molar refractivity (Wildman–Crippen MR) is 120 cm³/mol. The zero-order valence-corrected chi connectivity index (χ0v) is 18.8. The Morgan fingerprint density at radius 1 is 1.23 bits per heavy atom. The van der Waals surface area contributed by atoms with Crippen molar-refractivity contribution in [2.24, 2.45) is 7.05 Å². The highest BCUT2D eigenvalue weighted by Crippen LogP contribution is 2.30. The van der Waals surface area contributed by atoms with Crippen molar-refractivity contribution in [3.05, 3.63) is 51.7 Å². The van der Waals surface area contributed by atoms with E-state index in [0.717, 1.165) is 44.1 Å². The maximum atomic E-state index is 12.5. The van der Waals surface area contributed by atoms with Crippen LogP contribution >= 0.6 is 11.3 Å². The summed E-state index contributed by atoms with van der Waals surface area (Å²) in [6, 6.07) is 3.84. The van der Waals surface area contributed by atoms with Crippen LogP contribution in [0.15, 0.2) is 29.9 Å². The number of methoxy groups -OCH3 is 1. The van der Waals surface area contributed by atoms with Gasteiger partial charge in [-0.15, -0.1) is 16.4 Å². The normalized spacial score (nSPS) is 11.1. The first-order valence-electron chi connectivity index (χ1n) is 9.96. The number of nitrogens with zero attached hydrogens (tertiary/aromatic N) is 5. The molecule has 0 spiro atoms. The van der Waals surface area contributed by atoms with Crippen LogP contribution in [0.1, 0.15) is 28.2 Å². The van der Waals surface area contributed by atoms with E-state index in [0.29, 0.717) is 25.3 Å². The second-order valence-corrected chi connectivity index (χ2v) is 8.21. The van der Waals surface area contributed by atoms with E-state index in [9.17, 15) is 4.79 Å². The quantitative estimate of drug-likeness (QED) is 0.477. The zero-order chi connectivity index (χ0) is 22.0. The first kappa shape index (κ1) is 20.9. The first-order chi connectivity index (χ1) is 15.0. The van der Waals surface area contributed by atoms with Crippen LogP contribution < -0.4 is 10.1 Å². The number of carbonyl (C=O) groups is 1. The van der Waals surface area contributed by atoms with E-state index in [-0.39, 0.29) is 5.91 Å². The van der Waals surface area contributed by atoms with Gasteiger partial charge in [0.25, 0.3) is 0 Å². The van der Waals surface area contributed by atoms with Gasteiger partial charge >= 0.3 is 0 Å². The third kappa shape index (κ3) is 4.27. The number of aryl methyl sites for hydroxylation is 3. The van der Waals surface area contributed by atoms with Crippen molar-refractivity contribution in [2.75, 3.05) is 7.11 Å². The lowest BCUT2D eigenvalue weighted by atomic mass is 10.00. The summed E-state index contributed by atoms with van der Waals surface area (Å²) in [6.07, 6.45) is 4.46. The molecule has 4 aromatic rings. The summed E-state index contributed by atoms with van der Waals surface area (Å²) >= 11 is 1.53. The van der Waals surface area contributed by atoms with Crippen LogP contribution in [0.4, 0.5) is 0 Å². The number of nitrogens with one attached hydrogen (secondary N) is 1. The van der Waals surface area contributed by atoms with Crippen molar-refractivity contribution in [1.29, 1.82) is 0 Å². The molecule has 0 atom stereocenters. The molecule has 4 heterocycles. The standard InChI is InChI=1S/C22H24N6O2S/c1-13-16(14(2)25-21-20(13)22(30-4)27-28(21)3)5-6-18(29)24-11-19-26-17(12-31-19)15-7-9-23-10-8-15/h7-10,12H,5-6,11H2,1-4H3,(H,24,29). The van der Waals surface area contributed by atoms with E-state index in [2.05, 4.69) is 25.4 Å². The molecule has 0 saturated heterocycles. The molecule has 4 aromatic heterocycles. The van der Waals surface area contributed by atoms with Gasteiger partial charge in [0.1, 0.15) is 5.01 Å². The summed E-state index contributed by atoms with van der Waals surface area (Å²) in [5.74, 6) is 0.541. The van der Waals surface area contributed by atoms with Gasteiger partial charge in [-0.2, -0.15) is 0 Å². The van der Waals surface area contributed by atoms with Crippen LogP contribution in [0.25, 0.3) is 22.3 Å². The zero-order valence-electron chi connectivity index (χ0n) is 18.0. The summed E-state index contributed by atoms with van der Waals surface area (Å²) in [4.78, 5) is 25.8. The molecule has 0 aliphatic rings. The molecule has 8 nitrogen and oxygen atoms in total. The molecule has 160 valence electrons. The maximum absolute atomic E-state index is 12.5. The molecular formula is C22H24N6O2S. The molecule has 4 rings (SSSR count). The number of ether oxygens (including phenoxy) is 1. The summed E-state index contributed by atoms with van der Waals surface area (Å²) in [6.45, 7) is 4.42. The second kappa shape index (κ2) is 8.81. The average molecular weight is 437 g/mol. The summed E-state index contributed by atoms with van der Waals surface area (Å²) in [5, 5.41) is 11.1. The molecule has 31 heavy (non-hydrogen) atoms. The number of amides is 1. The Morgan fingerprint density at radius 3 is 2.74 bits per heavy atom. The van der Waals surface area contributed by atoms with Gasteiger partial charge in [0, 0.05) is 42.5 Å². The van der Waals surface area contributed by atoms with Gasteiger partial charge in [0.05, 0.1) is 24.7 Å². The van der Waals surface area contributed by atoms with E-state index in [4.69, 9.17) is 4.74 Å². The fourth-order valence-electron chi connectivity index (χ4n) is 3.66. The Morgan fingerprint density at radius 2 is 2.00 bits per heavy atom. The highest BCUT2D eigenvalue weighted by Gasteiger charge is 2.18. The lowest BCUT2D eigenvalue weighted by molar-refractivity contribution is -0.121. The number of hydrogen-bond donors (Lipinski definition) is 1. The monoisotopic (exact) mass is 436 g/mol. The SMILES string of the molecule is COc1nn(C)c2nc(C)c(CCC(=O)NCc3nc(-c4ccncc4)cs3)c(C)c12. The average Bonchev–Trinajstić information content (AvgIpc) is 3.37. The van der Waals surface area contributed by atoms with E-state index in [1.54, 1.807) is 24.2 Å². The highest BCUT2D eigenvalue weighted by molar-refractivity contribution is 7.09. The summed E-state index contributed by atoms with van der Waals surface area (Å²) in [5.41, 5.74) is 5.72. The summed E-state index contributed by atoms with van der Waals surface area (Å²) < 4.78 is 7.13. The van der Waals surface area contributed by atoms with Gasteiger partial charge in [-0.25, -0.2) is 14.6 Å². The van der Waals surface area contributed by atoms with Crippen molar-refractivity contribution in [2.45, 2.75) is 33.2 Å². The number of carbonyl (C=O) groups excluding carboxylic acids is 1. The molecule has 1 amide bonds. The van der Waals surface area contributed by atoms with E-state index in [1.807, 2.05) is 38.4 Å². The molecule has 0 unspecified atom stereocenters. The lowest BCUT2D eigenvalue weighted by Gasteiger charge is -2.11. The molecule has 0 aliphatic heterocycles. The number of fused-ring (bicyclic) bond motifs is 1. The van der Waals surface area contributed by atoms with Crippen molar-refractivity contribution in [1.82, 2.24) is 30.0 Å². The fourth-order valence-corrected chi connectivity index (χ4v) is 4.40. The minimum atomic E-state index is -0.0160. The van der Waals surface area contributed by atoms with Crippen molar-refractivity contribution in [3.8, 4) is 17.1 Å². The smallest absolute Gasteiger partial charge is 0.242 e. The summed E-state index contributed by atoms with van der Waals surface area (Å²) in [7, 11) is 3.45. The molecule has 9 heteroatoms. The Bertz CT molecular complexity index is 1230. The van der Waals surface area contributed by atoms with Crippen LogP contribution in [-0.4, -0.2) is 37.7 Å². The number of thiazole rings is 1. The number of hydrogen-bond acceptors (Lipinski definition) is 7. The lowest BCUT2D eigenvalue weighted by Crippen LogP contribution is -2.23. The van der Waals surface area contributed by atoms with Crippen LogP contribution in [0.3, 0.4) is 0 Å². The molecule has 0 bridgehead atoms. The molecule has 0 radical (unpaired) electrons.